The fourth-order valence-electron chi connectivity index (χ4n) is 2.12. The summed E-state index contributed by atoms with van der Waals surface area (Å²) in [5, 5.41) is 17.8. The average Bonchev–Trinajstić information content (AvgIpc) is 2.73. The van der Waals surface area contributed by atoms with Crippen LogP contribution in [0.25, 0.3) is 11.0 Å². The molecule has 1 aromatic heterocycles. The number of rotatable bonds is 1. The van der Waals surface area contributed by atoms with Crippen molar-refractivity contribution in [2.75, 3.05) is 11.5 Å². The van der Waals surface area contributed by atoms with Gasteiger partial charge >= 0.3 is 0 Å². The molecule has 0 aliphatic carbocycles. The zero-order valence-corrected chi connectivity index (χ0v) is 9.65. The smallest absolute Gasteiger partial charge is 0.117 e. The molecule has 1 aliphatic heterocycles. The lowest BCUT2D eigenvalue weighted by Crippen LogP contribution is -2.16. The number of aromatic nitrogens is 3. The van der Waals surface area contributed by atoms with E-state index in [0.29, 0.717) is 6.04 Å². The molecule has 0 amide bonds. The van der Waals surface area contributed by atoms with Gasteiger partial charge in [-0.3, -0.25) is 0 Å². The van der Waals surface area contributed by atoms with Crippen LogP contribution in [0.2, 0.25) is 0 Å². The van der Waals surface area contributed by atoms with Crippen LogP contribution in [0.4, 0.5) is 0 Å². The van der Waals surface area contributed by atoms with E-state index in [-0.39, 0.29) is 5.75 Å². The first-order valence-corrected chi connectivity index (χ1v) is 6.62. The molecule has 0 bridgehead atoms. The molecule has 0 unspecified atom stereocenters. The highest BCUT2D eigenvalue weighted by Crippen LogP contribution is 2.29. The first kappa shape index (κ1) is 9.96. The Labute approximate surface area is 97.6 Å². The Morgan fingerprint density at radius 3 is 2.94 bits per heavy atom. The van der Waals surface area contributed by atoms with Gasteiger partial charge in [0.1, 0.15) is 11.3 Å². The summed E-state index contributed by atoms with van der Waals surface area (Å²) >= 11 is 1.99. The topological polar surface area (TPSA) is 50.9 Å². The zero-order chi connectivity index (χ0) is 11.0. The molecule has 84 valence electrons. The van der Waals surface area contributed by atoms with Gasteiger partial charge in [0.25, 0.3) is 0 Å². The van der Waals surface area contributed by atoms with Gasteiger partial charge in [0, 0.05) is 6.07 Å². The molecule has 5 heteroatoms. The van der Waals surface area contributed by atoms with Crippen molar-refractivity contribution in [3.8, 4) is 5.75 Å². The van der Waals surface area contributed by atoms with Crippen molar-refractivity contribution in [3.63, 3.8) is 0 Å². The second-order valence-corrected chi connectivity index (χ2v) is 5.28. The van der Waals surface area contributed by atoms with Gasteiger partial charge in [-0.15, -0.1) is 5.10 Å². The van der Waals surface area contributed by atoms with Crippen molar-refractivity contribution in [2.45, 2.75) is 18.9 Å². The summed E-state index contributed by atoms with van der Waals surface area (Å²) in [5.41, 5.74) is 1.80. The average molecular weight is 235 g/mol. The summed E-state index contributed by atoms with van der Waals surface area (Å²) < 4.78 is 1.97. The number of benzene rings is 1. The van der Waals surface area contributed by atoms with Crippen molar-refractivity contribution >= 4 is 22.8 Å². The van der Waals surface area contributed by atoms with Crippen molar-refractivity contribution in [3.05, 3.63) is 18.2 Å². The number of thioether (sulfide) groups is 1. The third-order valence-corrected chi connectivity index (χ3v) is 4.04. The van der Waals surface area contributed by atoms with E-state index in [2.05, 4.69) is 10.3 Å². The molecule has 1 saturated heterocycles. The third-order valence-electron chi connectivity index (χ3n) is 2.99. The molecule has 2 heterocycles. The van der Waals surface area contributed by atoms with Crippen LogP contribution >= 0.6 is 11.8 Å². The van der Waals surface area contributed by atoms with E-state index < -0.39 is 0 Å². The van der Waals surface area contributed by atoms with E-state index in [1.165, 1.54) is 11.5 Å². The van der Waals surface area contributed by atoms with Crippen LogP contribution in [0.3, 0.4) is 0 Å². The van der Waals surface area contributed by atoms with Crippen LogP contribution in [0, 0.1) is 0 Å². The van der Waals surface area contributed by atoms with Crippen LogP contribution in [-0.4, -0.2) is 31.6 Å². The Hall–Kier alpha value is -1.23. The minimum Gasteiger partial charge on any atom is -0.508 e. The van der Waals surface area contributed by atoms with E-state index in [9.17, 15) is 5.11 Å². The van der Waals surface area contributed by atoms with Crippen molar-refractivity contribution in [1.29, 1.82) is 0 Å². The highest BCUT2D eigenvalue weighted by molar-refractivity contribution is 7.99. The Morgan fingerprint density at radius 2 is 2.12 bits per heavy atom. The van der Waals surface area contributed by atoms with Crippen LogP contribution in [-0.2, 0) is 0 Å². The van der Waals surface area contributed by atoms with Crippen LogP contribution in [0.5, 0.6) is 5.75 Å². The summed E-state index contributed by atoms with van der Waals surface area (Å²) in [7, 11) is 0. The lowest BCUT2D eigenvalue weighted by Gasteiger charge is -2.21. The van der Waals surface area contributed by atoms with Gasteiger partial charge in [-0.25, -0.2) is 4.68 Å². The molecule has 0 saturated carbocycles. The lowest BCUT2D eigenvalue weighted by molar-refractivity contribution is 0.427. The minimum absolute atomic E-state index is 0.279. The summed E-state index contributed by atoms with van der Waals surface area (Å²) in [6.45, 7) is 0. The van der Waals surface area contributed by atoms with Crippen molar-refractivity contribution in [1.82, 2.24) is 15.0 Å². The molecule has 0 atom stereocenters. The Kier molecular flexibility index (Phi) is 2.47. The number of fused-ring (bicyclic) bond motifs is 1. The molecule has 0 radical (unpaired) electrons. The maximum atomic E-state index is 9.50. The largest absolute Gasteiger partial charge is 0.508 e. The van der Waals surface area contributed by atoms with E-state index in [1.54, 1.807) is 12.1 Å². The molecule has 0 spiro atoms. The molecule has 1 aromatic carbocycles. The molecule has 2 aromatic rings. The van der Waals surface area contributed by atoms with Crippen molar-refractivity contribution in [2.24, 2.45) is 0 Å². The summed E-state index contributed by atoms with van der Waals surface area (Å²) in [6, 6.07) is 5.65. The first-order valence-electron chi connectivity index (χ1n) is 5.46. The molecular weight excluding hydrogens is 222 g/mol. The zero-order valence-electron chi connectivity index (χ0n) is 8.83. The predicted octanol–water partition coefficient (Wildman–Crippen LogP) is 2.21. The van der Waals surface area contributed by atoms with Crippen LogP contribution < -0.4 is 0 Å². The van der Waals surface area contributed by atoms with Gasteiger partial charge in [-0.05, 0) is 36.5 Å². The predicted molar refractivity (Wildman–Crippen MR) is 64.8 cm³/mol. The molecule has 1 fully saturated rings. The molecule has 16 heavy (non-hydrogen) atoms. The van der Waals surface area contributed by atoms with Gasteiger partial charge in [-0.2, -0.15) is 11.8 Å². The Balaban J connectivity index is 2.05. The number of hydrogen-bond donors (Lipinski definition) is 1. The monoisotopic (exact) mass is 235 g/mol. The molecule has 1 aliphatic rings. The normalized spacial score (nSPS) is 18.0. The number of phenols is 1. The van der Waals surface area contributed by atoms with Gasteiger partial charge in [0.05, 0.1) is 11.6 Å². The first-order chi connectivity index (χ1) is 7.84. The quantitative estimate of drug-likeness (QED) is 0.823. The van der Waals surface area contributed by atoms with Gasteiger partial charge < -0.3 is 5.11 Å². The van der Waals surface area contributed by atoms with Gasteiger partial charge in [0.2, 0.25) is 0 Å². The van der Waals surface area contributed by atoms with Crippen LogP contribution in [0.15, 0.2) is 18.2 Å². The fourth-order valence-corrected chi connectivity index (χ4v) is 3.21. The van der Waals surface area contributed by atoms with E-state index in [0.717, 1.165) is 23.9 Å². The molecule has 1 N–H and O–H groups in total. The fraction of sp³-hybridized carbons (Fsp3) is 0.455. The Bertz CT molecular complexity index is 505. The Morgan fingerprint density at radius 1 is 1.31 bits per heavy atom. The highest BCUT2D eigenvalue weighted by atomic mass is 32.2. The number of nitrogens with zero attached hydrogens (tertiary/aromatic N) is 3. The van der Waals surface area contributed by atoms with Crippen molar-refractivity contribution < 1.29 is 5.11 Å². The summed E-state index contributed by atoms with van der Waals surface area (Å²) in [4.78, 5) is 0. The SMILES string of the molecule is Oc1ccc2nnn(C3CCSCC3)c2c1. The standard InChI is InChI=1S/C11H13N3OS/c15-9-1-2-10-11(7-9)14(13-12-10)8-3-5-16-6-4-8/h1-2,7-8,15H,3-6H2. The molecule has 4 nitrogen and oxygen atoms in total. The van der Waals surface area contributed by atoms with Gasteiger partial charge in [0.15, 0.2) is 0 Å². The summed E-state index contributed by atoms with van der Waals surface area (Å²) in [6.07, 6.45) is 2.28. The van der Waals surface area contributed by atoms with Crippen LogP contribution in [0.1, 0.15) is 18.9 Å². The third kappa shape index (κ3) is 1.65. The molecule has 3 rings (SSSR count). The number of aromatic hydroxyl groups is 1. The van der Waals surface area contributed by atoms with E-state index >= 15 is 0 Å². The minimum atomic E-state index is 0.279. The van der Waals surface area contributed by atoms with E-state index in [1.807, 2.05) is 22.5 Å². The maximum absolute atomic E-state index is 9.50. The van der Waals surface area contributed by atoms with E-state index in [4.69, 9.17) is 0 Å². The maximum Gasteiger partial charge on any atom is 0.117 e. The number of hydrogen-bond acceptors (Lipinski definition) is 4. The lowest BCUT2D eigenvalue weighted by atomic mass is 10.1. The van der Waals surface area contributed by atoms with Gasteiger partial charge in [-0.1, -0.05) is 5.21 Å². The molecular formula is C11H13N3OS. The highest BCUT2D eigenvalue weighted by Gasteiger charge is 2.18. The second kappa shape index (κ2) is 3.97. The summed E-state index contributed by atoms with van der Waals surface area (Å²) in [5.74, 6) is 2.65. The number of phenolic OH excluding ortho intramolecular Hbond substituents is 1. The second-order valence-electron chi connectivity index (χ2n) is 4.05.